The summed E-state index contributed by atoms with van der Waals surface area (Å²) in [5.41, 5.74) is 7.21. The van der Waals surface area contributed by atoms with Crippen LogP contribution in [-0.4, -0.2) is 74.5 Å². The number of halogens is 1. The van der Waals surface area contributed by atoms with Crippen LogP contribution in [0.4, 0.5) is 9.59 Å². The number of amides is 1. The molecule has 5 unspecified atom stereocenters. The lowest BCUT2D eigenvalue weighted by atomic mass is 9.75. The number of aliphatic hydroxyl groups excluding tert-OH is 1. The molecule has 7 rings (SSSR count). The van der Waals surface area contributed by atoms with Crippen molar-refractivity contribution in [2.24, 2.45) is 28.9 Å². The van der Waals surface area contributed by atoms with Crippen LogP contribution in [0.5, 0.6) is 28.7 Å². The van der Waals surface area contributed by atoms with Crippen LogP contribution in [0.3, 0.4) is 0 Å². The Labute approximate surface area is 357 Å². The van der Waals surface area contributed by atoms with Crippen molar-refractivity contribution in [3.05, 3.63) is 77.9 Å². The van der Waals surface area contributed by atoms with E-state index in [0.29, 0.717) is 61.9 Å². The number of nitrogens with two attached hydrogens (primary N) is 1. The van der Waals surface area contributed by atoms with Crippen LogP contribution in [0.2, 0.25) is 0 Å². The van der Waals surface area contributed by atoms with Crippen molar-refractivity contribution in [3.63, 3.8) is 0 Å². The maximum absolute atomic E-state index is 12.2. The highest BCUT2D eigenvalue weighted by molar-refractivity contribution is 6.61. The van der Waals surface area contributed by atoms with Gasteiger partial charge in [0.15, 0.2) is 29.3 Å². The zero-order chi connectivity index (χ0) is 43.1. The molecule has 15 heteroatoms. The third kappa shape index (κ3) is 14.4. The van der Waals surface area contributed by atoms with Crippen LogP contribution < -0.4 is 34.7 Å². The Morgan fingerprint density at radius 3 is 2.30 bits per heavy atom. The Morgan fingerprint density at radius 2 is 1.63 bits per heavy atom. The molecule has 3 aromatic carbocycles. The van der Waals surface area contributed by atoms with Crippen molar-refractivity contribution in [2.45, 2.75) is 97.2 Å². The first-order valence-electron chi connectivity index (χ1n) is 20.5. The summed E-state index contributed by atoms with van der Waals surface area (Å²) in [5, 5.41) is 21.7. The largest absolute Gasteiger partial charge is 0.454 e. The Bertz CT molecular complexity index is 1870. The van der Waals surface area contributed by atoms with E-state index in [1.165, 1.54) is 12.0 Å². The summed E-state index contributed by atoms with van der Waals surface area (Å²) in [6, 6.07) is 22.5. The molecule has 14 nitrogen and oxygen atoms in total. The van der Waals surface area contributed by atoms with Crippen molar-refractivity contribution in [1.29, 1.82) is 5.26 Å². The fourth-order valence-electron chi connectivity index (χ4n) is 7.80. The Morgan fingerprint density at radius 1 is 0.950 bits per heavy atom. The van der Waals surface area contributed by atoms with Gasteiger partial charge in [0.05, 0.1) is 37.3 Å². The molecule has 4 aliphatic heterocycles. The number of fused-ring (bicyclic) bond motifs is 3. The monoisotopic (exact) mass is 851 g/mol. The second-order valence-corrected chi connectivity index (χ2v) is 16.8. The highest BCUT2D eigenvalue weighted by Gasteiger charge is 2.44. The summed E-state index contributed by atoms with van der Waals surface area (Å²) in [5.74, 6) is 4.64. The minimum absolute atomic E-state index is 0.0584. The zero-order valence-corrected chi connectivity index (χ0v) is 35.6. The van der Waals surface area contributed by atoms with Crippen molar-refractivity contribution in [3.8, 4) is 34.8 Å². The molecular weight excluding hydrogens is 794 g/mol. The van der Waals surface area contributed by atoms with Crippen LogP contribution in [0.25, 0.3) is 0 Å². The summed E-state index contributed by atoms with van der Waals surface area (Å²) < 4.78 is 42.0. The van der Waals surface area contributed by atoms with Gasteiger partial charge >= 0.3 is 11.5 Å². The minimum atomic E-state index is -0.876. The number of nitrogens with one attached hydrogen (secondary N) is 1. The molecule has 4 N–H and O–H groups in total. The molecule has 0 bridgehead atoms. The maximum Gasteiger partial charge on any atom is 0.409 e. The van der Waals surface area contributed by atoms with Crippen LogP contribution in [0, 0.1) is 34.5 Å². The van der Waals surface area contributed by atoms with Crippen LogP contribution >= 0.6 is 11.6 Å². The highest BCUT2D eigenvalue weighted by atomic mass is 35.5. The first-order chi connectivity index (χ1) is 28.8. The Hall–Kier alpha value is -4.78. The third-order valence-electron chi connectivity index (χ3n) is 10.6. The molecule has 60 heavy (non-hydrogen) atoms. The molecule has 4 heterocycles. The second kappa shape index (κ2) is 22.7. The summed E-state index contributed by atoms with van der Waals surface area (Å²) in [6.45, 7) is 10.7. The van der Waals surface area contributed by atoms with E-state index in [4.69, 9.17) is 55.8 Å². The number of hydrogen-bond donors (Lipinski definition) is 3. The van der Waals surface area contributed by atoms with Crippen molar-refractivity contribution < 1.29 is 52.6 Å². The van der Waals surface area contributed by atoms with Crippen molar-refractivity contribution >= 4 is 23.1 Å². The second-order valence-electron chi connectivity index (χ2n) is 16.5. The standard InChI is InChI=1S/C20H29NO2.C17H24N2O5.C8H5ClO4/c1-15(2)10-17(13-20(3,4)8-5-9-21)11-16-6-7-18-19(12-16)23-14-22-18;18-9-14(20)13(8-11-4-2-1-3-5-11)19-17(21)24-15-10-23-16-12(15)6-7-22-16;9-8(10)13-5-1-2-6-7(3-5)12-4-11-6/h6-7,12,15,17H,5,8,10-11,13-14H2,1-4H3;1-5,12-16,20H,6-10,18H2,(H,19,21);1-3H,4H2/t;12?,13-,14?,15?,16?;/m.0./s1. The summed E-state index contributed by atoms with van der Waals surface area (Å²) in [6.07, 6.45) is 4.35. The van der Waals surface area contributed by atoms with E-state index in [-0.39, 0.29) is 37.1 Å². The van der Waals surface area contributed by atoms with Gasteiger partial charge in [-0.15, -0.1) is 0 Å². The van der Waals surface area contributed by atoms with Gasteiger partial charge in [0.1, 0.15) is 11.9 Å². The highest BCUT2D eigenvalue weighted by Crippen LogP contribution is 2.38. The third-order valence-corrected chi connectivity index (χ3v) is 10.7. The number of carbonyl (C=O) groups is 2. The van der Waals surface area contributed by atoms with Crippen molar-refractivity contribution in [1.82, 2.24) is 5.32 Å². The van der Waals surface area contributed by atoms with E-state index in [0.717, 1.165) is 42.7 Å². The molecule has 0 aliphatic carbocycles. The molecular formula is C45H58ClN3O11. The van der Waals surface area contributed by atoms with Gasteiger partial charge in [-0.2, -0.15) is 5.26 Å². The lowest BCUT2D eigenvalue weighted by Crippen LogP contribution is -2.49. The van der Waals surface area contributed by atoms with Gasteiger partial charge < -0.3 is 54.1 Å². The Kier molecular flexibility index (Phi) is 17.5. The van der Waals surface area contributed by atoms with E-state index in [9.17, 15) is 14.7 Å². The summed E-state index contributed by atoms with van der Waals surface area (Å²) in [4.78, 5) is 22.6. The quantitative estimate of drug-likeness (QED) is 0.125. The molecule has 2 saturated heterocycles. The molecule has 0 aromatic heterocycles. The molecule has 1 amide bonds. The van der Waals surface area contributed by atoms with Gasteiger partial charge in [0, 0.05) is 30.6 Å². The van der Waals surface area contributed by atoms with E-state index in [1.54, 1.807) is 18.2 Å². The van der Waals surface area contributed by atoms with Crippen LogP contribution in [0.1, 0.15) is 70.9 Å². The first-order valence-corrected chi connectivity index (χ1v) is 20.8. The molecule has 0 radical (unpaired) electrons. The lowest BCUT2D eigenvalue weighted by Gasteiger charge is -2.30. The number of nitrogens with zero attached hydrogens (tertiary/aromatic N) is 1. The van der Waals surface area contributed by atoms with E-state index < -0.39 is 23.7 Å². The molecule has 0 saturated carbocycles. The first kappa shape index (κ1) is 46.3. The topological polar surface area (TPSA) is 190 Å². The van der Waals surface area contributed by atoms with Gasteiger partial charge in [-0.25, -0.2) is 9.59 Å². The number of carbonyl (C=O) groups excluding carboxylic acids is 2. The van der Waals surface area contributed by atoms with E-state index >= 15 is 0 Å². The molecule has 3 aromatic rings. The molecule has 6 atom stereocenters. The number of aliphatic hydroxyl groups is 1. The fraction of sp³-hybridized carbons (Fsp3) is 0.533. The summed E-state index contributed by atoms with van der Waals surface area (Å²) >= 11 is 5.03. The molecule has 326 valence electrons. The average Bonchev–Trinajstić information content (AvgIpc) is 4.04. The molecule has 4 aliphatic rings. The van der Waals surface area contributed by atoms with Crippen LogP contribution in [0.15, 0.2) is 66.7 Å². The summed E-state index contributed by atoms with van der Waals surface area (Å²) in [7, 11) is 0. The number of benzene rings is 3. The van der Waals surface area contributed by atoms with Gasteiger partial charge in [-0.3, -0.25) is 0 Å². The average molecular weight is 852 g/mol. The number of ether oxygens (including phenoxy) is 8. The molecule has 0 spiro atoms. The predicted octanol–water partition coefficient (Wildman–Crippen LogP) is 7.90. The number of nitriles is 1. The van der Waals surface area contributed by atoms with Gasteiger partial charge in [0.2, 0.25) is 13.6 Å². The number of alkyl carbamates (subject to hydrolysis) is 1. The smallest absolute Gasteiger partial charge is 0.409 e. The zero-order valence-electron chi connectivity index (χ0n) is 34.8. The van der Waals surface area contributed by atoms with Gasteiger partial charge in [-0.05, 0) is 91.2 Å². The maximum atomic E-state index is 12.2. The molecule has 2 fully saturated rings. The van der Waals surface area contributed by atoms with Gasteiger partial charge in [-0.1, -0.05) is 64.1 Å². The number of rotatable bonds is 15. The van der Waals surface area contributed by atoms with Crippen LogP contribution in [-0.2, 0) is 27.1 Å². The minimum Gasteiger partial charge on any atom is -0.454 e. The number of hydrogen-bond acceptors (Lipinski definition) is 13. The lowest BCUT2D eigenvalue weighted by molar-refractivity contribution is -0.0907. The van der Waals surface area contributed by atoms with Gasteiger partial charge in [0.25, 0.3) is 0 Å². The Balaban J connectivity index is 0.000000178. The predicted molar refractivity (Wildman–Crippen MR) is 223 cm³/mol. The SMILES string of the molecule is CC(C)CC(Cc1ccc2c(c1)OCO2)CC(C)(C)CCC#N.NCC(O)[C@H](Cc1ccccc1)NC(=O)OC1COC2OCCC12.O=C(Cl)Oc1ccc2c(c1)OCO2. The van der Waals surface area contributed by atoms with E-state index in [1.807, 2.05) is 36.4 Å². The normalized spacial score (nSPS) is 19.7. The van der Waals surface area contributed by atoms with E-state index in [2.05, 4.69) is 56.0 Å². The fourth-order valence-corrected chi connectivity index (χ4v) is 7.89. The van der Waals surface area contributed by atoms with Crippen molar-refractivity contribution in [2.75, 3.05) is 33.3 Å².